The van der Waals surface area contributed by atoms with Gasteiger partial charge in [-0.05, 0) is 55.2 Å². The molecule has 2 aromatic rings. The Labute approximate surface area is 127 Å². The van der Waals surface area contributed by atoms with Crippen LogP contribution in [-0.2, 0) is 0 Å². The Morgan fingerprint density at radius 3 is 2.32 bits per heavy atom. The van der Waals surface area contributed by atoms with Gasteiger partial charge in [0.05, 0.1) is 0 Å². The minimum absolute atomic E-state index is 0.604. The number of rotatable bonds is 2. The van der Waals surface area contributed by atoms with Gasteiger partial charge in [-0.1, -0.05) is 45.7 Å². The van der Waals surface area contributed by atoms with Crippen LogP contribution >= 0.6 is 27.5 Å². The third kappa shape index (κ3) is 3.02. The largest absolute Gasteiger partial charge is 0.384 e. The second-order valence-electron chi connectivity index (χ2n) is 4.89. The minimum atomic E-state index is -0.695. The molecule has 1 atom stereocenters. The van der Waals surface area contributed by atoms with Crippen LogP contribution < -0.4 is 0 Å². The van der Waals surface area contributed by atoms with Gasteiger partial charge in [0.2, 0.25) is 0 Å². The van der Waals surface area contributed by atoms with Crippen molar-refractivity contribution < 1.29 is 5.11 Å². The van der Waals surface area contributed by atoms with Gasteiger partial charge >= 0.3 is 0 Å². The van der Waals surface area contributed by atoms with Crippen LogP contribution in [-0.4, -0.2) is 5.11 Å². The van der Waals surface area contributed by atoms with Crippen molar-refractivity contribution in [2.24, 2.45) is 0 Å². The highest BCUT2D eigenvalue weighted by atomic mass is 79.9. The number of hydrogen-bond donors (Lipinski definition) is 1. The number of aryl methyl sites for hydroxylation is 3. The van der Waals surface area contributed by atoms with E-state index in [1.165, 1.54) is 0 Å². The van der Waals surface area contributed by atoms with E-state index in [9.17, 15) is 5.11 Å². The molecule has 1 N–H and O–H groups in total. The van der Waals surface area contributed by atoms with Gasteiger partial charge in [0.15, 0.2) is 0 Å². The van der Waals surface area contributed by atoms with Crippen molar-refractivity contribution in [3.8, 4) is 0 Å². The van der Waals surface area contributed by atoms with Crippen molar-refractivity contribution in [1.29, 1.82) is 0 Å². The zero-order valence-corrected chi connectivity index (χ0v) is 13.5. The summed E-state index contributed by atoms with van der Waals surface area (Å²) >= 11 is 9.73. The smallest absolute Gasteiger partial charge is 0.106 e. The fourth-order valence-electron chi connectivity index (χ4n) is 2.12. The molecule has 2 rings (SSSR count). The molecule has 0 heterocycles. The molecular weight excluding hydrogens is 324 g/mol. The predicted octanol–water partition coefficient (Wildman–Crippen LogP) is 5.11. The molecule has 0 aliphatic rings. The zero-order chi connectivity index (χ0) is 14.2. The molecule has 0 aliphatic carbocycles. The summed E-state index contributed by atoms with van der Waals surface area (Å²) in [7, 11) is 0. The standard InChI is InChI=1S/C16H16BrClO/c1-9-4-5-12(15(18)6-9)16(19)13-7-11(3)14(17)8-10(13)2/h4-8,16,19H,1-3H3. The Hall–Kier alpha value is -0.830. The van der Waals surface area contributed by atoms with Gasteiger partial charge in [0.25, 0.3) is 0 Å². The molecule has 0 amide bonds. The average molecular weight is 340 g/mol. The lowest BCUT2D eigenvalue weighted by molar-refractivity contribution is 0.219. The van der Waals surface area contributed by atoms with Crippen molar-refractivity contribution >= 4 is 27.5 Å². The lowest BCUT2D eigenvalue weighted by Crippen LogP contribution is -2.04. The Bertz CT molecular complexity index is 622. The highest BCUT2D eigenvalue weighted by molar-refractivity contribution is 9.10. The molecule has 0 radical (unpaired) electrons. The maximum atomic E-state index is 10.6. The molecule has 1 unspecified atom stereocenters. The summed E-state index contributed by atoms with van der Waals surface area (Å²) in [6.45, 7) is 5.98. The van der Waals surface area contributed by atoms with Crippen LogP contribution in [0.1, 0.15) is 33.9 Å². The number of benzene rings is 2. The van der Waals surface area contributed by atoms with E-state index in [4.69, 9.17) is 11.6 Å². The second-order valence-corrected chi connectivity index (χ2v) is 6.15. The highest BCUT2D eigenvalue weighted by Crippen LogP contribution is 2.32. The van der Waals surface area contributed by atoms with E-state index < -0.39 is 6.10 Å². The predicted molar refractivity (Wildman–Crippen MR) is 83.9 cm³/mol. The van der Waals surface area contributed by atoms with Crippen molar-refractivity contribution in [3.05, 3.63) is 67.6 Å². The van der Waals surface area contributed by atoms with E-state index in [-0.39, 0.29) is 0 Å². The molecule has 100 valence electrons. The first-order valence-electron chi connectivity index (χ1n) is 6.11. The van der Waals surface area contributed by atoms with Crippen molar-refractivity contribution in [2.75, 3.05) is 0 Å². The fourth-order valence-corrected chi connectivity index (χ4v) is 2.92. The van der Waals surface area contributed by atoms with Crippen LogP contribution in [0.5, 0.6) is 0 Å². The normalized spacial score (nSPS) is 12.5. The van der Waals surface area contributed by atoms with Crippen LogP contribution in [0.15, 0.2) is 34.8 Å². The van der Waals surface area contributed by atoms with Crippen molar-refractivity contribution in [2.45, 2.75) is 26.9 Å². The summed E-state index contributed by atoms with van der Waals surface area (Å²) in [6, 6.07) is 9.75. The van der Waals surface area contributed by atoms with Gasteiger partial charge in [-0.2, -0.15) is 0 Å². The van der Waals surface area contributed by atoms with Crippen LogP contribution in [0.4, 0.5) is 0 Å². The first-order valence-corrected chi connectivity index (χ1v) is 7.28. The van der Waals surface area contributed by atoms with Gasteiger partial charge in [0, 0.05) is 15.1 Å². The van der Waals surface area contributed by atoms with E-state index >= 15 is 0 Å². The maximum absolute atomic E-state index is 10.6. The Balaban J connectivity index is 2.49. The van der Waals surface area contributed by atoms with Gasteiger partial charge in [0.1, 0.15) is 6.10 Å². The van der Waals surface area contributed by atoms with E-state index in [1.54, 1.807) is 0 Å². The molecule has 0 aromatic heterocycles. The van der Waals surface area contributed by atoms with Crippen molar-refractivity contribution in [3.63, 3.8) is 0 Å². The van der Waals surface area contributed by atoms with E-state index in [0.29, 0.717) is 5.02 Å². The molecule has 0 saturated carbocycles. The Morgan fingerprint density at radius 2 is 1.68 bits per heavy atom. The Kier molecular flexibility index (Phi) is 4.34. The van der Waals surface area contributed by atoms with E-state index in [1.807, 2.05) is 51.1 Å². The third-order valence-electron chi connectivity index (χ3n) is 3.29. The number of aliphatic hydroxyl groups is 1. The van der Waals surface area contributed by atoms with Gasteiger partial charge in [-0.15, -0.1) is 0 Å². The fraction of sp³-hybridized carbons (Fsp3) is 0.250. The summed E-state index contributed by atoms with van der Waals surface area (Å²) in [4.78, 5) is 0. The summed E-state index contributed by atoms with van der Waals surface area (Å²) in [6.07, 6.45) is -0.695. The lowest BCUT2D eigenvalue weighted by Gasteiger charge is -2.17. The first-order chi connectivity index (χ1) is 8.90. The number of hydrogen-bond acceptors (Lipinski definition) is 1. The summed E-state index contributed by atoms with van der Waals surface area (Å²) < 4.78 is 1.05. The molecule has 0 bridgehead atoms. The average Bonchev–Trinajstić information content (AvgIpc) is 2.33. The Morgan fingerprint density at radius 1 is 1.00 bits per heavy atom. The number of halogens is 2. The summed E-state index contributed by atoms with van der Waals surface area (Å²) in [5.74, 6) is 0. The molecule has 0 spiro atoms. The van der Waals surface area contributed by atoms with Crippen LogP contribution in [0.3, 0.4) is 0 Å². The molecule has 19 heavy (non-hydrogen) atoms. The molecule has 0 saturated heterocycles. The van der Waals surface area contributed by atoms with Crippen molar-refractivity contribution in [1.82, 2.24) is 0 Å². The maximum Gasteiger partial charge on any atom is 0.106 e. The molecule has 0 aliphatic heterocycles. The lowest BCUT2D eigenvalue weighted by atomic mass is 9.95. The molecular formula is C16H16BrClO. The first kappa shape index (κ1) is 14.6. The van der Waals surface area contributed by atoms with E-state index in [0.717, 1.165) is 32.3 Å². The third-order valence-corrected chi connectivity index (χ3v) is 4.47. The van der Waals surface area contributed by atoms with Gasteiger partial charge < -0.3 is 5.11 Å². The molecule has 0 fully saturated rings. The van der Waals surface area contributed by atoms with Crippen LogP contribution in [0, 0.1) is 20.8 Å². The van der Waals surface area contributed by atoms with Gasteiger partial charge in [-0.25, -0.2) is 0 Å². The SMILES string of the molecule is Cc1ccc(C(O)c2cc(C)c(Br)cc2C)c(Cl)c1. The van der Waals surface area contributed by atoms with E-state index in [2.05, 4.69) is 15.9 Å². The monoisotopic (exact) mass is 338 g/mol. The van der Waals surface area contributed by atoms with Crippen LogP contribution in [0.25, 0.3) is 0 Å². The zero-order valence-electron chi connectivity index (χ0n) is 11.2. The molecule has 3 heteroatoms. The van der Waals surface area contributed by atoms with Gasteiger partial charge in [-0.3, -0.25) is 0 Å². The topological polar surface area (TPSA) is 20.2 Å². The second kappa shape index (κ2) is 5.66. The summed E-state index contributed by atoms with van der Waals surface area (Å²) in [5.41, 5.74) is 4.87. The summed E-state index contributed by atoms with van der Waals surface area (Å²) in [5, 5.41) is 11.2. The quantitative estimate of drug-likeness (QED) is 0.806. The highest BCUT2D eigenvalue weighted by Gasteiger charge is 2.17. The van der Waals surface area contributed by atoms with Crippen LogP contribution in [0.2, 0.25) is 5.02 Å². The molecule has 2 aromatic carbocycles. The molecule has 1 nitrogen and oxygen atoms in total. The minimum Gasteiger partial charge on any atom is -0.384 e. The number of aliphatic hydroxyl groups excluding tert-OH is 1.